The van der Waals surface area contributed by atoms with Crippen LogP contribution in [0.5, 0.6) is 0 Å². The van der Waals surface area contributed by atoms with E-state index in [0.29, 0.717) is 22.3 Å². The van der Waals surface area contributed by atoms with Crippen molar-refractivity contribution in [2.75, 3.05) is 0 Å². The summed E-state index contributed by atoms with van der Waals surface area (Å²) in [5, 5.41) is 9.02. The summed E-state index contributed by atoms with van der Waals surface area (Å²) < 4.78 is 14.2. The van der Waals surface area contributed by atoms with Crippen LogP contribution in [-0.2, 0) is 0 Å². The zero-order valence-corrected chi connectivity index (χ0v) is 11.2. The smallest absolute Gasteiger partial charge is 0.127 e. The van der Waals surface area contributed by atoms with Gasteiger partial charge in [-0.3, -0.25) is 0 Å². The Labute approximate surface area is 113 Å². The number of benzene rings is 1. The van der Waals surface area contributed by atoms with Crippen molar-refractivity contribution in [3.8, 4) is 6.07 Å². The molecule has 0 atom stereocenters. The second-order valence-corrected chi connectivity index (χ2v) is 4.21. The van der Waals surface area contributed by atoms with Gasteiger partial charge >= 0.3 is 0 Å². The van der Waals surface area contributed by atoms with Crippen LogP contribution in [0.25, 0.3) is 5.57 Å². The quantitative estimate of drug-likeness (QED) is 0.697. The SMILES string of the molecule is C=C/C(=C\C(F)=C(/C)c1ccccc1C#N)C(=C)C. The highest BCUT2D eigenvalue weighted by Gasteiger charge is 2.07. The minimum atomic E-state index is -0.388. The molecule has 0 saturated heterocycles. The molecule has 0 N–H and O–H groups in total. The van der Waals surface area contributed by atoms with E-state index in [4.69, 9.17) is 5.26 Å². The number of allylic oxidation sites excluding steroid dienone is 6. The average Bonchev–Trinajstić information content (AvgIpc) is 2.43. The lowest BCUT2D eigenvalue weighted by molar-refractivity contribution is 0.668. The zero-order valence-electron chi connectivity index (χ0n) is 11.2. The summed E-state index contributed by atoms with van der Waals surface area (Å²) >= 11 is 0. The third kappa shape index (κ3) is 3.53. The highest BCUT2D eigenvalue weighted by atomic mass is 19.1. The van der Waals surface area contributed by atoms with Gasteiger partial charge in [-0.25, -0.2) is 4.39 Å². The molecule has 0 aliphatic heterocycles. The Hall–Kier alpha value is -2.40. The minimum absolute atomic E-state index is 0.388. The van der Waals surface area contributed by atoms with Crippen molar-refractivity contribution in [2.24, 2.45) is 0 Å². The number of hydrogen-bond donors (Lipinski definition) is 0. The Morgan fingerprint density at radius 3 is 2.47 bits per heavy atom. The first-order valence-corrected chi connectivity index (χ1v) is 5.87. The predicted molar refractivity (Wildman–Crippen MR) is 78.0 cm³/mol. The molecule has 2 heteroatoms. The van der Waals surface area contributed by atoms with Crippen molar-refractivity contribution >= 4 is 5.57 Å². The molecule has 0 aliphatic carbocycles. The van der Waals surface area contributed by atoms with Crippen molar-refractivity contribution in [1.82, 2.24) is 0 Å². The Morgan fingerprint density at radius 2 is 1.95 bits per heavy atom. The lowest BCUT2D eigenvalue weighted by Gasteiger charge is -2.06. The Bertz CT molecular complexity index is 612. The fraction of sp³-hybridized carbons (Fsp3) is 0.118. The molecule has 0 unspecified atom stereocenters. The van der Waals surface area contributed by atoms with Gasteiger partial charge in [0, 0.05) is 0 Å². The summed E-state index contributed by atoms with van der Waals surface area (Å²) in [5.41, 5.74) is 2.87. The third-order valence-corrected chi connectivity index (χ3v) is 2.80. The van der Waals surface area contributed by atoms with Gasteiger partial charge in [-0.2, -0.15) is 5.26 Å². The summed E-state index contributed by atoms with van der Waals surface area (Å²) in [6.07, 6.45) is 2.95. The van der Waals surface area contributed by atoms with E-state index in [0.717, 1.165) is 5.57 Å². The highest BCUT2D eigenvalue weighted by molar-refractivity contribution is 5.72. The molecule has 0 heterocycles. The van der Waals surface area contributed by atoms with Gasteiger partial charge in [0.05, 0.1) is 11.6 Å². The molecular weight excluding hydrogens is 237 g/mol. The predicted octanol–water partition coefficient (Wildman–Crippen LogP) is 4.95. The van der Waals surface area contributed by atoms with Crippen molar-refractivity contribution < 1.29 is 4.39 Å². The van der Waals surface area contributed by atoms with Gasteiger partial charge < -0.3 is 0 Å². The molecule has 0 aliphatic rings. The molecule has 1 nitrogen and oxygen atoms in total. The van der Waals surface area contributed by atoms with Crippen LogP contribution in [0.3, 0.4) is 0 Å². The first-order valence-electron chi connectivity index (χ1n) is 5.87. The normalized spacial score (nSPS) is 12.4. The Balaban J connectivity index is 3.34. The van der Waals surface area contributed by atoms with Gasteiger partial charge in [0.1, 0.15) is 5.83 Å². The van der Waals surface area contributed by atoms with Gasteiger partial charge in [0.15, 0.2) is 0 Å². The molecule has 0 saturated carbocycles. The van der Waals surface area contributed by atoms with Gasteiger partial charge in [-0.1, -0.05) is 43.0 Å². The number of nitriles is 1. The molecule has 1 aromatic rings. The molecule has 1 rings (SSSR count). The Kier molecular flexibility index (Phi) is 5.02. The fourth-order valence-electron chi connectivity index (χ4n) is 1.64. The first-order chi connectivity index (χ1) is 9.01. The molecule has 0 aromatic heterocycles. The second-order valence-electron chi connectivity index (χ2n) is 4.21. The van der Waals surface area contributed by atoms with Crippen LogP contribution in [0.4, 0.5) is 4.39 Å². The van der Waals surface area contributed by atoms with E-state index in [2.05, 4.69) is 19.2 Å². The van der Waals surface area contributed by atoms with Gasteiger partial charge in [-0.15, -0.1) is 0 Å². The van der Waals surface area contributed by atoms with Crippen LogP contribution in [0.15, 0.2) is 66.5 Å². The molecule has 1 aromatic carbocycles. The van der Waals surface area contributed by atoms with E-state index in [1.807, 2.05) is 0 Å². The molecule has 0 bridgehead atoms. The van der Waals surface area contributed by atoms with E-state index in [9.17, 15) is 4.39 Å². The van der Waals surface area contributed by atoms with E-state index in [1.54, 1.807) is 44.2 Å². The molecule has 0 amide bonds. The number of hydrogen-bond acceptors (Lipinski definition) is 1. The van der Waals surface area contributed by atoms with Crippen LogP contribution in [0.1, 0.15) is 25.0 Å². The molecule has 96 valence electrons. The van der Waals surface area contributed by atoms with Crippen molar-refractivity contribution in [3.05, 3.63) is 77.7 Å². The molecule has 0 spiro atoms. The van der Waals surface area contributed by atoms with E-state index < -0.39 is 0 Å². The van der Waals surface area contributed by atoms with E-state index in [1.165, 1.54) is 6.08 Å². The molecular formula is C17H16FN. The summed E-state index contributed by atoms with van der Waals surface area (Å²) in [6.45, 7) is 10.8. The minimum Gasteiger partial charge on any atom is -0.207 e. The molecule has 0 radical (unpaired) electrons. The van der Waals surface area contributed by atoms with Crippen molar-refractivity contribution in [1.29, 1.82) is 5.26 Å². The fourth-order valence-corrected chi connectivity index (χ4v) is 1.64. The maximum atomic E-state index is 14.2. The van der Waals surface area contributed by atoms with Crippen LogP contribution >= 0.6 is 0 Å². The van der Waals surface area contributed by atoms with E-state index in [-0.39, 0.29) is 5.83 Å². The standard InChI is InChI=1S/C17H16FN/c1-5-14(12(2)3)10-17(18)13(4)16-9-7-6-8-15(16)11-19/h5-10H,1-2H2,3-4H3/b14-10+,17-13-. The Morgan fingerprint density at radius 1 is 1.32 bits per heavy atom. The topological polar surface area (TPSA) is 23.8 Å². The summed E-state index contributed by atoms with van der Waals surface area (Å²) in [5.74, 6) is -0.388. The van der Waals surface area contributed by atoms with Gasteiger partial charge in [0.2, 0.25) is 0 Å². The molecule has 19 heavy (non-hydrogen) atoms. The molecule has 0 fully saturated rings. The monoisotopic (exact) mass is 253 g/mol. The van der Waals surface area contributed by atoms with Crippen molar-refractivity contribution in [3.63, 3.8) is 0 Å². The van der Waals surface area contributed by atoms with Crippen LogP contribution in [-0.4, -0.2) is 0 Å². The van der Waals surface area contributed by atoms with Crippen LogP contribution < -0.4 is 0 Å². The largest absolute Gasteiger partial charge is 0.207 e. The lowest BCUT2D eigenvalue weighted by atomic mass is 9.99. The maximum Gasteiger partial charge on any atom is 0.127 e. The number of nitrogens with zero attached hydrogens (tertiary/aromatic N) is 1. The summed E-state index contributed by atoms with van der Waals surface area (Å²) in [4.78, 5) is 0. The maximum absolute atomic E-state index is 14.2. The number of rotatable bonds is 4. The van der Waals surface area contributed by atoms with Crippen LogP contribution in [0.2, 0.25) is 0 Å². The number of halogens is 1. The van der Waals surface area contributed by atoms with Crippen LogP contribution in [0, 0.1) is 11.3 Å². The summed E-state index contributed by atoms with van der Waals surface area (Å²) in [6, 6.07) is 9.00. The highest BCUT2D eigenvalue weighted by Crippen LogP contribution is 2.25. The second kappa shape index (κ2) is 6.51. The van der Waals surface area contributed by atoms with E-state index >= 15 is 0 Å². The zero-order chi connectivity index (χ0) is 14.4. The first kappa shape index (κ1) is 14.7. The third-order valence-electron chi connectivity index (χ3n) is 2.80. The van der Waals surface area contributed by atoms with Gasteiger partial charge in [-0.05, 0) is 42.7 Å². The lowest BCUT2D eigenvalue weighted by Crippen LogP contribution is -1.89. The average molecular weight is 253 g/mol. The summed E-state index contributed by atoms with van der Waals surface area (Å²) in [7, 11) is 0. The van der Waals surface area contributed by atoms with Gasteiger partial charge in [0.25, 0.3) is 0 Å². The van der Waals surface area contributed by atoms with Crippen molar-refractivity contribution in [2.45, 2.75) is 13.8 Å².